The molecule has 106 valence electrons. The van der Waals surface area contributed by atoms with Crippen molar-refractivity contribution in [3.8, 4) is 11.6 Å². The Bertz CT molecular complexity index is 824. The van der Waals surface area contributed by atoms with Gasteiger partial charge in [0.25, 0.3) is 0 Å². The van der Waals surface area contributed by atoms with Gasteiger partial charge in [0.05, 0.1) is 18.4 Å². The standard InChI is InChI=1S/C16H13ClN2O2/c1-21-12-4-2-3-11(8-12)18-9-14-13-7-10(17)5-6-15(13)19-16(14)20/h2-9,19-20H,1H3. The zero-order valence-corrected chi connectivity index (χ0v) is 12.1. The summed E-state index contributed by atoms with van der Waals surface area (Å²) in [6.45, 7) is 0. The van der Waals surface area contributed by atoms with Crippen LogP contribution in [0.25, 0.3) is 10.9 Å². The lowest BCUT2D eigenvalue weighted by molar-refractivity contribution is 0.415. The number of ether oxygens (including phenoxy) is 1. The van der Waals surface area contributed by atoms with Crippen LogP contribution in [0.15, 0.2) is 47.5 Å². The summed E-state index contributed by atoms with van der Waals surface area (Å²) in [4.78, 5) is 7.26. The van der Waals surface area contributed by atoms with Gasteiger partial charge in [0, 0.05) is 28.2 Å². The van der Waals surface area contributed by atoms with E-state index in [4.69, 9.17) is 16.3 Å². The molecule has 21 heavy (non-hydrogen) atoms. The molecule has 0 aliphatic rings. The maximum Gasteiger partial charge on any atom is 0.198 e. The predicted molar refractivity (Wildman–Crippen MR) is 85.2 cm³/mol. The molecule has 0 amide bonds. The van der Waals surface area contributed by atoms with Gasteiger partial charge in [0.1, 0.15) is 5.75 Å². The highest BCUT2D eigenvalue weighted by molar-refractivity contribution is 6.31. The van der Waals surface area contributed by atoms with E-state index in [0.717, 1.165) is 22.3 Å². The van der Waals surface area contributed by atoms with E-state index in [-0.39, 0.29) is 5.88 Å². The predicted octanol–water partition coefficient (Wildman–Crippen LogP) is 4.29. The topological polar surface area (TPSA) is 57.6 Å². The lowest BCUT2D eigenvalue weighted by Crippen LogP contribution is -1.82. The molecule has 2 N–H and O–H groups in total. The molecule has 4 nitrogen and oxygen atoms in total. The molecule has 0 saturated heterocycles. The quantitative estimate of drug-likeness (QED) is 0.709. The molecule has 0 bridgehead atoms. The van der Waals surface area contributed by atoms with Crippen LogP contribution in [0.4, 0.5) is 5.69 Å². The highest BCUT2D eigenvalue weighted by Crippen LogP contribution is 2.29. The van der Waals surface area contributed by atoms with E-state index in [0.29, 0.717) is 10.6 Å². The Kier molecular flexibility index (Phi) is 3.54. The lowest BCUT2D eigenvalue weighted by atomic mass is 10.2. The molecule has 0 spiro atoms. The van der Waals surface area contributed by atoms with Crippen LogP contribution < -0.4 is 4.74 Å². The number of rotatable bonds is 3. The Labute approximate surface area is 126 Å². The fraction of sp³-hybridized carbons (Fsp3) is 0.0625. The number of nitrogens with zero attached hydrogens (tertiary/aromatic N) is 1. The molecule has 1 heterocycles. The minimum absolute atomic E-state index is 0.0684. The number of H-pyrrole nitrogens is 1. The van der Waals surface area contributed by atoms with Gasteiger partial charge in [-0.15, -0.1) is 0 Å². The largest absolute Gasteiger partial charge is 0.497 e. The Hall–Kier alpha value is -2.46. The van der Waals surface area contributed by atoms with Crippen LogP contribution in [0, 0.1) is 0 Å². The normalized spacial score (nSPS) is 11.3. The van der Waals surface area contributed by atoms with Crippen molar-refractivity contribution in [2.75, 3.05) is 7.11 Å². The molecule has 0 radical (unpaired) electrons. The summed E-state index contributed by atoms with van der Waals surface area (Å²) in [5.74, 6) is 0.801. The number of halogens is 1. The van der Waals surface area contributed by atoms with Gasteiger partial charge >= 0.3 is 0 Å². The van der Waals surface area contributed by atoms with Crippen LogP contribution >= 0.6 is 11.6 Å². The summed E-state index contributed by atoms with van der Waals surface area (Å²) in [5, 5.41) is 11.4. The van der Waals surface area contributed by atoms with Gasteiger partial charge in [-0.05, 0) is 30.3 Å². The number of hydrogen-bond donors (Lipinski definition) is 2. The average molecular weight is 301 g/mol. The summed E-state index contributed by atoms with van der Waals surface area (Å²) >= 11 is 6.00. The Morgan fingerprint density at radius 3 is 2.90 bits per heavy atom. The van der Waals surface area contributed by atoms with Crippen LogP contribution in [0.2, 0.25) is 5.02 Å². The molecule has 0 fully saturated rings. The zero-order valence-electron chi connectivity index (χ0n) is 11.3. The van der Waals surface area contributed by atoms with Gasteiger partial charge in [-0.1, -0.05) is 17.7 Å². The third kappa shape index (κ3) is 2.71. The second-order valence-corrected chi connectivity index (χ2v) is 4.97. The summed E-state index contributed by atoms with van der Waals surface area (Å²) in [6, 6.07) is 12.8. The van der Waals surface area contributed by atoms with Gasteiger partial charge in [0.15, 0.2) is 5.88 Å². The van der Waals surface area contributed by atoms with Crippen LogP contribution in [0.3, 0.4) is 0 Å². The van der Waals surface area contributed by atoms with Crippen LogP contribution in [0.1, 0.15) is 5.56 Å². The first-order valence-corrected chi connectivity index (χ1v) is 6.73. The maximum atomic E-state index is 9.99. The maximum absolute atomic E-state index is 9.99. The van der Waals surface area contributed by atoms with Gasteiger partial charge in [-0.2, -0.15) is 0 Å². The third-order valence-electron chi connectivity index (χ3n) is 3.18. The van der Waals surface area contributed by atoms with Crippen molar-refractivity contribution in [3.63, 3.8) is 0 Å². The van der Waals surface area contributed by atoms with E-state index >= 15 is 0 Å². The summed E-state index contributed by atoms with van der Waals surface area (Å²) in [5.41, 5.74) is 2.16. The molecule has 1 aromatic heterocycles. The van der Waals surface area contributed by atoms with E-state index in [1.54, 1.807) is 25.5 Å². The number of aliphatic imine (C=N–C) groups is 1. The van der Waals surface area contributed by atoms with E-state index in [1.807, 2.05) is 30.3 Å². The molecule has 0 aliphatic heterocycles. The number of hydrogen-bond acceptors (Lipinski definition) is 3. The number of aromatic amines is 1. The number of fused-ring (bicyclic) bond motifs is 1. The molecular formula is C16H13ClN2O2. The summed E-state index contributed by atoms with van der Waals surface area (Å²) < 4.78 is 5.15. The second kappa shape index (κ2) is 5.50. The number of aromatic hydroxyl groups is 1. The summed E-state index contributed by atoms with van der Waals surface area (Å²) in [7, 11) is 1.61. The Morgan fingerprint density at radius 2 is 2.10 bits per heavy atom. The van der Waals surface area contributed by atoms with Crippen molar-refractivity contribution in [3.05, 3.63) is 53.1 Å². The van der Waals surface area contributed by atoms with Crippen LogP contribution in [-0.4, -0.2) is 23.4 Å². The number of benzene rings is 2. The highest BCUT2D eigenvalue weighted by Gasteiger charge is 2.09. The Balaban J connectivity index is 2.02. The van der Waals surface area contributed by atoms with Crippen molar-refractivity contribution in [1.29, 1.82) is 0 Å². The number of aromatic nitrogens is 1. The molecule has 3 rings (SSSR count). The van der Waals surface area contributed by atoms with Crippen molar-refractivity contribution in [2.24, 2.45) is 4.99 Å². The monoisotopic (exact) mass is 300 g/mol. The third-order valence-corrected chi connectivity index (χ3v) is 3.41. The molecule has 5 heteroatoms. The van der Waals surface area contributed by atoms with Gasteiger partial charge in [-0.3, -0.25) is 4.99 Å². The molecule has 0 saturated carbocycles. The van der Waals surface area contributed by atoms with Gasteiger partial charge in [-0.25, -0.2) is 0 Å². The first-order chi connectivity index (χ1) is 10.2. The van der Waals surface area contributed by atoms with E-state index in [2.05, 4.69) is 9.98 Å². The lowest BCUT2D eigenvalue weighted by Gasteiger charge is -1.99. The minimum Gasteiger partial charge on any atom is -0.497 e. The summed E-state index contributed by atoms with van der Waals surface area (Å²) in [6.07, 6.45) is 1.61. The first-order valence-electron chi connectivity index (χ1n) is 6.35. The van der Waals surface area contributed by atoms with Crippen molar-refractivity contribution < 1.29 is 9.84 Å². The zero-order chi connectivity index (χ0) is 14.8. The van der Waals surface area contributed by atoms with E-state index in [9.17, 15) is 5.11 Å². The number of nitrogens with one attached hydrogen (secondary N) is 1. The molecular weight excluding hydrogens is 288 g/mol. The SMILES string of the molecule is COc1cccc(N=Cc2c(O)[nH]c3ccc(Cl)cc23)c1. The van der Waals surface area contributed by atoms with Crippen molar-refractivity contribution in [2.45, 2.75) is 0 Å². The molecule has 3 aromatic rings. The van der Waals surface area contributed by atoms with E-state index < -0.39 is 0 Å². The minimum atomic E-state index is 0.0684. The van der Waals surface area contributed by atoms with Crippen molar-refractivity contribution in [1.82, 2.24) is 4.98 Å². The second-order valence-electron chi connectivity index (χ2n) is 4.54. The Morgan fingerprint density at radius 1 is 1.24 bits per heavy atom. The molecule has 0 aliphatic carbocycles. The average Bonchev–Trinajstić information content (AvgIpc) is 2.80. The highest BCUT2D eigenvalue weighted by atomic mass is 35.5. The fourth-order valence-corrected chi connectivity index (χ4v) is 2.30. The first kappa shape index (κ1) is 13.5. The van der Waals surface area contributed by atoms with E-state index in [1.165, 1.54) is 0 Å². The number of methoxy groups -OCH3 is 1. The molecule has 0 atom stereocenters. The van der Waals surface area contributed by atoms with Gasteiger partial charge < -0.3 is 14.8 Å². The fourth-order valence-electron chi connectivity index (χ4n) is 2.13. The molecule has 0 unspecified atom stereocenters. The van der Waals surface area contributed by atoms with Gasteiger partial charge in [0.2, 0.25) is 0 Å². The smallest absolute Gasteiger partial charge is 0.198 e. The molecule has 2 aromatic carbocycles. The van der Waals surface area contributed by atoms with Crippen molar-refractivity contribution >= 4 is 34.4 Å². The van der Waals surface area contributed by atoms with Crippen LogP contribution in [0.5, 0.6) is 11.6 Å². The van der Waals surface area contributed by atoms with Crippen LogP contribution in [-0.2, 0) is 0 Å².